The molecule has 0 bridgehead atoms. The number of amides is 2. The maximum Gasteiger partial charge on any atom is 0.319 e. The molecule has 20 heavy (non-hydrogen) atoms. The Morgan fingerprint density at radius 3 is 2.65 bits per heavy atom. The second-order valence-corrected chi connectivity index (χ2v) is 4.87. The molecule has 0 radical (unpaired) electrons. The van der Waals surface area contributed by atoms with E-state index in [0.29, 0.717) is 17.8 Å². The third kappa shape index (κ3) is 4.25. The molecule has 108 valence electrons. The van der Waals surface area contributed by atoms with Gasteiger partial charge >= 0.3 is 6.03 Å². The van der Waals surface area contributed by atoms with Crippen LogP contribution in [0.15, 0.2) is 24.3 Å². The lowest BCUT2D eigenvalue weighted by molar-refractivity contribution is 0.116. The highest BCUT2D eigenvalue weighted by Gasteiger charge is 2.25. The van der Waals surface area contributed by atoms with Crippen LogP contribution in [-0.4, -0.2) is 24.3 Å². The van der Waals surface area contributed by atoms with Gasteiger partial charge < -0.3 is 15.7 Å². The van der Waals surface area contributed by atoms with E-state index in [-0.39, 0.29) is 18.1 Å². The Morgan fingerprint density at radius 1 is 1.40 bits per heavy atom. The van der Waals surface area contributed by atoms with Gasteiger partial charge in [-0.1, -0.05) is 19.9 Å². The predicted molar refractivity (Wildman–Crippen MR) is 78.3 cm³/mol. The van der Waals surface area contributed by atoms with E-state index in [2.05, 4.69) is 10.6 Å². The Labute approximate surface area is 119 Å². The number of anilines is 1. The van der Waals surface area contributed by atoms with Crippen molar-refractivity contribution < 1.29 is 9.90 Å². The van der Waals surface area contributed by atoms with Crippen molar-refractivity contribution in [3.8, 4) is 6.07 Å². The molecule has 1 aromatic carbocycles. The molecule has 0 saturated carbocycles. The minimum Gasteiger partial charge on any atom is -0.396 e. The minimum absolute atomic E-state index is 0.0458. The number of carbonyl (C=O) groups is 1. The lowest BCUT2D eigenvalue weighted by Gasteiger charge is -2.29. The second-order valence-electron chi connectivity index (χ2n) is 4.87. The average Bonchev–Trinajstić information content (AvgIpc) is 2.49. The van der Waals surface area contributed by atoms with Crippen molar-refractivity contribution in [1.82, 2.24) is 5.32 Å². The van der Waals surface area contributed by atoms with Gasteiger partial charge in [-0.15, -0.1) is 0 Å². The van der Waals surface area contributed by atoms with Gasteiger partial charge in [-0.05, 0) is 31.0 Å². The summed E-state index contributed by atoms with van der Waals surface area (Å²) in [5, 5.41) is 23.7. The van der Waals surface area contributed by atoms with Gasteiger partial charge in [0.05, 0.1) is 18.2 Å². The molecule has 0 saturated heterocycles. The molecule has 0 unspecified atom stereocenters. The highest BCUT2D eigenvalue weighted by Crippen LogP contribution is 2.24. The van der Waals surface area contributed by atoms with Gasteiger partial charge in [0, 0.05) is 17.6 Å². The van der Waals surface area contributed by atoms with Crippen molar-refractivity contribution in [2.24, 2.45) is 5.41 Å². The molecule has 0 spiro atoms. The first kappa shape index (κ1) is 16.0. The highest BCUT2D eigenvalue weighted by atomic mass is 16.3. The van der Waals surface area contributed by atoms with Crippen LogP contribution in [0.1, 0.15) is 32.3 Å². The molecule has 0 aromatic heterocycles. The zero-order valence-electron chi connectivity index (χ0n) is 11.9. The molecule has 0 atom stereocenters. The Balaban J connectivity index is 2.57. The summed E-state index contributed by atoms with van der Waals surface area (Å²) in [5.41, 5.74) is 0.796. The third-order valence-corrected chi connectivity index (χ3v) is 3.71. The van der Waals surface area contributed by atoms with Crippen LogP contribution >= 0.6 is 0 Å². The number of benzene rings is 1. The highest BCUT2D eigenvalue weighted by molar-refractivity contribution is 5.89. The van der Waals surface area contributed by atoms with Crippen LogP contribution in [0.25, 0.3) is 0 Å². The summed E-state index contributed by atoms with van der Waals surface area (Å²) >= 11 is 0. The van der Waals surface area contributed by atoms with Gasteiger partial charge in [-0.25, -0.2) is 4.79 Å². The van der Waals surface area contributed by atoms with Gasteiger partial charge in [0.1, 0.15) is 0 Å². The van der Waals surface area contributed by atoms with Crippen molar-refractivity contribution in [3.63, 3.8) is 0 Å². The monoisotopic (exact) mass is 275 g/mol. The van der Waals surface area contributed by atoms with E-state index in [1.54, 1.807) is 24.3 Å². The average molecular weight is 275 g/mol. The summed E-state index contributed by atoms with van der Waals surface area (Å²) in [4.78, 5) is 11.8. The van der Waals surface area contributed by atoms with Gasteiger partial charge in [0.15, 0.2) is 0 Å². The normalized spacial score (nSPS) is 10.7. The van der Waals surface area contributed by atoms with Crippen LogP contribution in [0.4, 0.5) is 10.5 Å². The Kier molecular flexibility index (Phi) is 6.01. The van der Waals surface area contributed by atoms with E-state index in [9.17, 15) is 9.90 Å². The van der Waals surface area contributed by atoms with E-state index < -0.39 is 0 Å². The molecule has 0 heterocycles. The number of hydrogen-bond donors (Lipinski definition) is 3. The molecule has 5 nitrogen and oxygen atoms in total. The van der Waals surface area contributed by atoms with Crippen molar-refractivity contribution in [1.29, 1.82) is 5.26 Å². The van der Waals surface area contributed by atoms with E-state index in [0.717, 1.165) is 12.8 Å². The fourth-order valence-electron chi connectivity index (χ4n) is 1.89. The number of nitrogens with zero attached hydrogens (tertiary/aromatic N) is 1. The van der Waals surface area contributed by atoms with Crippen molar-refractivity contribution in [2.45, 2.75) is 26.7 Å². The Hall–Kier alpha value is -2.06. The molecule has 0 fully saturated rings. The third-order valence-electron chi connectivity index (χ3n) is 3.71. The van der Waals surface area contributed by atoms with Gasteiger partial charge in [0.25, 0.3) is 0 Å². The lowest BCUT2D eigenvalue weighted by atomic mass is 9.83. The van der Waals surface area contributed by atoms with Gasteiger partial charge in [-0.3, -0.25) is 0 Å². The summed E-state index contributed by atoms with van der Waals surface area (Å²) in [6.07, 6.45) is 1.59. The molecule has 1 aromatic rings. The quantitative estimate of drug-likeness (QED) is 0.745. The van der Waals surface area contributed by atoms with Crippen molar-refractivity contribution in [3.05, 3.63) is 29.8 Å². The molecule has 2 amide bonds. The van der Waals surface area contributed by atoms with Crippen LogP contribution in [0, 0.1) is 16.7 Å². The maximum absolute atomic E-state index is 11.8. The number of aliphatic hydroxyl groups is 1. The molecule has 5 heteroatoms. The first-order valence-electron chi connectivity index (χ1n) is 6.75. The van der Waals surface area contributed by atoms with Crippen LogP contribution in [0.5, 0.6) is 0 Å². The minimum atomic E-state index is -0.334. The second kappa shape index (κ2) is 7.51. The zero-order valence-corrected chi connectivity index (χ0v) is 11.9. The molecule has 3 N–H and O–H groups in total. The first-order valence-corrected chi connectivity index (χ1v) is 6.75. The van der Waals surface area contributed by atoms with Crippen LogP contribution < -0.4 is 10.6 Å². The predicted octanol–water partition coefficient (Wildman–Crippen LogP) is 2.48. The Bertz CT molecular complexity index is 482. The number of aliphatic hydroxyl groups excluding tert-OH is 1. The number of nitriles is 1. The fourth-order valence-corrected chi connectivity index (χ4v) is 1.89. The summed E-state index contributed by atoms with van der Waals surface area (Å²) in [6, 6.07) is 8.40. The van der Waals surface area contributed by atoms with E-state index in [1.807, 2.05) is 19.9 Å². The largest absolute Gasteiger partial charge is 0.396 e. The molecule has 0 aliphatic carbocycles. The summed E-state index contributed by atoms with van der Waals surface area (Å²) in [5.74, 6) is 0. The summed E-state index contributed by atoms with van der Waals surface area (Å²) in [6.45, 7) is 4.45. The smallest absolute Gasteiger partial charge is 0.319 e. The SMILES string of the molecule is CCC(CC)(CO)CNC(=O)Nc1cccc(C#N)c1. The maximum atomic E-state index is 11.8. The van der Waals surface area contributed by atoms with Gasteiger partial charge in [-0.2, -0.15) is 5.26 Å². The number of nitrogens with one attached hydrogen (secondary N) is 2. The molecule has 0 aliphatic heterocycles. The van der Waals surface area contributed by atoms with E-state index >= 15 is 0 Å². The van der Waals surface area contributed by atoms with E-state index in [1.165, 1.54) is 0 Å². The fraction of sp³-hybridized carbons (Fsp3) is 0.467. The number of carbonyl (C=O) groups excluding carboxylic acids is 1. The van der Waals surface area contributed by atoms with Crippen LogP contribution in [0.2, 0.25) is 0 Å². The lowest BCUT2D eigenvalue weighted by Crippen LogP contribution is -2.41. The zero-order chi connectivity index (χ0) is 15.0. The topological polar surface area (TPSA) is 85.2 Å². The first-order chi connectivity index (χ1) is 9.59. The molecular weight excluding hydrogens is 254 g/mol. The van der Waals surface area contributed by atoms with Crippen LogP contribution in [0.3, 0.4) is 0 Å². The molecule has 0 aliphatic rings. The van der Waals surface area contributed by atoms with Gasteiger partial charge in [0.2, 0.25) is 0 Å². The summed E-state index contributed by atoms with van der Waals surface area (Å²) < 4.78 is 0. The number of urea groups is 1. The molecular formula is C15H21N3O2. The van der Waals surface area contributed by atoms with Crippen LogP contribution in [-0.2, 0) is 0 Å². The standard InChI is InChI=1S/C15H21N3O2/c1-3-15(4-2,11-19)10-17-14(20)18-13-7-5-6-12(8-13)9-16/h5-8,19H,3-4,10-11H2,1-2H3,(H2,17,18,20). The van der Waals surface area contributed by atoms with Crippen molar-refractivity contribution in [2.75, 3.05) is 18.5 Å². The number of rotatable bonds is 6. The number of hydrogen-bond acceptors (Lipinski definition) is 3. The van der Waals surface area contributed by atoms with Crippen molar-refractivity contribution >= 4 is 11.7 Å². The van der Waals surface area contributed by atoms with E-state index in [4.69, 9.17) is 5.26 Å². The summed E-state index contributed by atoms with van der Waals surface area (Å²) in [7, 11) is 0. The Morgan fingerprint density at radius 2 is 2.10 bits per heavy atom. The molecule has 1 rings (SSSR count).